The Kier molecular flexibility index (Phi) is 8.48. The van der Waals surface area contributed by atoms with Gasteiger partial charge in [0, 0.05) is 49.0 Å². The summed E-state index contributed by atoms with van der Waals surface area (Å²) in [5.74, 6) is 0.643. The molecule has 1 fully saturated rings. The fourth-order valence-electron chi connectivity index (χ4n) is 3.61. The summed E-state index contributed by atoms with van der Waals surface area (Å²) < 4.78 is 5.47. The molecule has 8 heteroatoms. The van der Waals surface area contributed by atoms with Crippen molar-refractivity contribution in [2.24, 2.45) is 0 Å². The highest BCUT2D eigenvalue weighted by atomic mass is 35.5. The predicted molar refractivity (Wildman–Crippen MR) is 124 cm³/mol. The first-order valence-corrected chi connectivity index (χ1v) is 11.1. The van der Waals surface area contributed by atoms with Crippen LogP contribution in [0, 0.1) is 11.3 Å². The minimum atomic E-state index is -0.0677. The van der Waals surface area contributed by atoms with Gasteiger partial charge in [-0.1, -0.05) is 11.6 Å². The van der Waals surface area contributed by atoms with Crippen LogP contribution in [0.2, 0.25) is 5.02 Å². The first-order chi connectivity index (χ1) is 15.5. The Morgan fingerprint density at radius 3 is 2.31 bits per heavy atom. The molecule has 0 unspecified atom stereocenters. The molecular formula is C24H27ClN4O3. The summed E-state index contributed by atoms with van der Waals surface area (Å²) in [5.41, 5.74) is 1.35. The van der Waals surface area contributed by atoms with Gasteiger partial charge in [-0.15, -0.1) is 0 Å². The third kappa shape index (κ3) is 6.22. The molecule has 1 saturated heterocycles. The lowest BCUT2D eigenvalue weighted by Crippen LogP contribution is -2.51. The molecule has 32 heavy (non-hydrogen) atoms. The van der Waals surface area contributed by atoms with E-state index < -0.39 is 0 Å². The molecule has 0 aromatic heterocycles. The number of ether oxygens (including phenoxy) is 1. The van der Waals surface area contributed by atoms with Crippen LogP contribution in [0.4, 0.5) is 5.69 Å². The van der Waals surface area contributed by atoms with Crippen LogP contribution in [-0.4, -0.2) is 67.5 Å². The van der Waals surface area contributed by atoms with Crippen LogP contribution in [0.25, 0.3) is 0 Å². The van der Waals surface area contributed by atoms with E-state index in [1.165, 1.54) is 0 Å². The standard InChI is InChI=1S/C24H27ClN4O3/c1-2-32-22-10-8-21(9-11-22)29(13-3-12-26)23(30)18-27-14-16-28(17-15-27)24(31)19-4-6-20(25)7-5-19/h4-11H,2-3,13-18H2,1H3. The summed E-state index contributed by atoms with van der Waals surface area (Å²) in [6, 6.07) is 16.3. The lowest BCUT2D eigenvalue weighted by Gasteiger charge is -2.35. The number of nitrogens with zero attached hydrogens (tertiary/aromatic N) is 4. The zero-order valence-electron chi connectivity index (χ0n) is 18.2. The Morgan fingerprint density at radius 2 is 1.72 bits per heavy atom. The molecule has 1 heterocycles. The second-order valence-electron chi connectivity index (χ2n) is 7.46. The number of nitriles is 1. The van der Waals surface area contributed by atoms with Gasteiger partial charge in [0.05, 0.1) is 25.6 Å². The summed E-state index contributed by atoms with van der Waals surface area (Å²) in [6.45, 7) is 5.38. The van der Waals surface area contributed by atoms with Crippen LogP contribution in [0.3, 0.4) is 0 Å². The Bertz CT molecular complexity index is 949. The van der Waals surface area contributed by atoms with E-state index in [-0.39, 0.29) is 24.8 Å². The van der Waals surface area contributed by atoms with Crippen LogP contribution >= 0.6 is 11.6 Å². The average molecular weight is 455 g/mol. The lowest BCUT2D eigenvalue weighted by atomic mass is 10.2. The smallest absolute Gasteiger partial charge is 0.253 e. The predicted octanol–water partition coefficient (Wildman–Crippen LogP) is 3.44. The summed E-state index contributed by atoms with van der Waals surface area (Å²) in [6.07, 6.45) is 0.252. The number of halogens is 1. The van der Waals surface area contributed by atoms with Crippen LogP contribution < -0.4 is 9.64 Å². The quantitative estimate of drug-likeness (QED) is 0.610. The molecule has 168 valence electrons. The molecule has 7 nitrogen and oxygen atoms in total. The number of benzene rings is 2. The van der Waals surface area contributed by atoms with Crippen molar-refractivity contribution in [3.63, 3.8) is 0 Å². The summed E-state index contributed by atoms with van der Waals surface area (Å²) in [5, 5.41) is 9.60. The van der Waals surface area contributed by atoms with Crippen LogP contribution in [-0.2, 0) is 4.79 Å². The van der Waals surface area contributed by atoms with Crippen molar-refractivity contribution in [1.82, 2.24) is 9.80 Å². The highest BCUT2D eigenvalue weighted by Gasteiger charge is 2.25. The number of hydrogen-bond donors (Lipinski definition) is 0. The molecule has 2 amide bonds. The second kappa shape index (κ2) is 11.5. The molecule has 1 aliphatic rings. The fraction of sp³-hybridized carbons (Fsp3) is 0.375. The van der Waals surface area contributed by atoms with E-state index in [4.69, 9.17) is 21.6 Å². The van der Waals surface area contributed by atoms with Crippen LogP contribution in [0.1, 0.15) is 23.7 Å². The summed E-state index contributed by atoms with van der Waals surface area (Å²) in [7, 11) is 0. The zero-order chi connectivity index (χ0) is 22.9. The maximum atomic E-state index is 13.0. The van der Waals surface area contributed by atoms with E-state index >= 15 is 0 Å². The molecule has 0 aliphatic carbocycles. The molecule has 2 aromatic rings. The van der Waals surface area contributed by atoms with Crippen molar-refractivity contribution >= 4 is 29.1 Å². The molecule has 2 aromatic carbocycles. The Hall–Kier alpha value is -3.08. The highest BCUT2D eigenvalue weighted by Crippen LogP contribution is 2.21. The first-order valence-electron chi connectivity index (χ1n) is 10.7. The Labute approximate surface area is 193 Å². The van der Waals surface area contributed by atoms with E-state index in [0.717, 1.165) is 11.4 Å². The van der Waals surface area contributed by atoms with Gasteiger partial charge in [0.15, 0.2) is 0 Å². The number of piperazine rings is 1. The van der Waals surface area contributed by atoms with E-state index in [1.807, 2.05) is 36.1 Å². The fourth-order valence-corrected chi connectivity index (χ4v) is 3.74. The monoisotopic (exact) mass is 454 g/mol. The molecule has 0 radical (unpaired) electrons. The largest absolute Gasteiger partial charge is 0.494 e. The van der Waals surface area contributed by atoms with Crippen LogP contribution in [0.5, 0.6) is 5.75 Å². The SMILES string of the molecule is CCOc1ccc(N(CCC#N)C(=O)CN2CCN(C(=O)c3ccc(Cl)cc3)CC2)cc1. The lowest BCUT2D eigenvalue weighted by molar-refractivity contribution is -0.120. The van der Waals surface area contributed by atoms with Gasteiger partial charge in [0.2, 0.25) is 5.91 Å². The second-order valence-corrected chi connectivity index (χ2v) is 7.89. The van der Waals surface area contributed by atoms with Crippen molar-refractivity contribution in [2.45, 2.75) is 13.3 Å². The summed E-state index contributed by atoms with van der Waals surface area (Å²) in [4.78, 5) is 31.2. The Morgan fingerprint density at radius 1 is 1.06 bits per heavy atom. The normalized spacial score (nSPS) is 14.0. The third-order valence-electron chi connectivity index (χ3n) is 5.32. The van der Waals surface area contributed by atoms with Gasteiger partial charge in [-0.25, -0.2) is 0 Å². The topological polar surface area (TPSA) is 76.9 Å². The molecule has 0 N–H and O–H groups in total. The van der Waals surface area contributed by atoms with Crippen molar-refractivity contribution in [2.75, 3.05) is 50.8 Å². The number of hydrogen-bond acceptors (Lipinski definition) is 5. The number of anilines is 1. The zero-order valence-corrected chi connectivity index (χ0v) is 18.9. The van der Waals surface area contributed by atoms with Gasteiger partial charge in [-0.05, 0) is 55.5 Å². The van der Waals surface area contributed by atoms with E-state index in [9.17, 15) is 9.59 Å². The van der Waals surface area contributed by atoms with Crippen molar-refractivity contribution in [1.29, 1.82) is 5.26 Å². The highest BCUT2D eigenvalue weighted by molar-refractivity contribution is 6.30. The molecule has 0 spiro atoms. The Balaban J connectivity index is 1.58. The minimum absolute atomic E-state index is 0.0299. The van der Waals surface area contributed by atoms with Gasteiger partial charge in [-0.3, -0.25) is 14.5 Å². The maximum absolute atomic E-state index is 13.0. The van der Waals surface area contributed by atoms with Crippen LogP contribution in [0.15, 0.2) is 48.5 Å². The molecule has 0 atom stereocenters. The molecule has 3 rings (SSSR count). The third-order valence-corrected chi connectivity index (χ3v) is 5.57. The molecule has 1 aliphatic heterocycles. The van der Waals surface area contributed by atoms with E-state index in [1.54, 1.807) is 34.1 Å². The van der Waals surface area contributed by atoms with Gasteiger partial charge < -0.3 is 14.5 Å². The summed E-state index contributed by atoms with van der Waals surface area (Å²) >= 11 is 5.90. The molecule has 0 bridgehead atoms. The van der Waals surface area contributed by atoms with Gasteiger partial charge in [0.1, 0.15) is 5.75 Å². The van der Waals surface area contributed by atoms with Crippen molar-refractivity contribution in [3.8, 4) is 11.8 Å². The number of carbonyl (C=O) groups excluding carboxylic acids is 2. The molecular weight excluding hydrogens is 428 g/mol. The van der Waals surface area contributed by atoms with E-state index in [0.29, 0.717) is 49.9 Å². The number of amides is 2. The average Bonchev–Trinajstić information content (AvgIpc) is 2.81. The van der Waals surface area contributed by atoms with E-state index in [2.05, 4.69) is 6.07 Å². The van der Waals surface area contributed by atoms with Crippen molar-refractivity contribution in [3.05, 3.63) is 59.1 Å². The minimum Gasteiger partial charge on any atom is -0.494 e. The molecule has 0 saturated carbocycles. The van der Waals surface area contributed by atoms with Gasteiger partial charge in [-0.2, -0.15) is 5.26 Å². The number of carbonyl (C=O) groups is 2. The number of rotatable bonds is 8. The van der Waals surface area contributed by atoms with Gasteiger partial charge in [0.25, 0.3) is 5.91 Å². The first kappa shape index (κ1) is 23.6. The van der Waals surface area contributed by atoms with Crippen molar-refractivity contribution < 1.29 is 14.3 Å². The maximum Gasteiger partial charge on any atom is 0.253 e. The van der Waals surface area contributed by atoms with Gasteiger partial charge >= 0.3 is 0 Å².